The quantitative estimate of drug-likeness (QED) is 0.472. The number of hydrogen-bond acceptors (Lipinski definition) is 6. The fourth-order valence-corrected chi connectivity index (χ4v) is 2.91. The molecule has 0 spiro atoms. The minimum atomic E-state index is -4.83. The van der Waals surface area contributed by atoms with Gasteiger partial charge in [0.05, 0.1) is 17.8 Å². The van der Waals surface area contributed by atoms with Gasteiger partial charge >= 0.3 is 63.7 Å². The Kier molecular flexibility index (Phi) is 9.75. The van der Waals surface area contributed by atoms with Crippen molar-refractivity contribution in [2.45, 2.75) is 11.4 Å². The van der Waals surface area contributed by atoms with Crippen LogP contribution >= 0.6 is 27.7 Å². The summed E-state index contributed by atoms with van der Waals surface area (Å²) in [5, 5.41) is 11.3. The number of aromatic carboxylic acids is 1. The number of ether oxygens (including phenoxy) is 1. The van der Waals surface area contributed by atoms with E-state index in [1.165, 1.54) is 24.4 Å². The molecule has 12 heteroatoms. The number of benzene rings is 1. The number of carbonyl (C=O) groups is 2. The molecular formula is C15H11BrF3KN2O4S. The molecule has 1 heterocycles. The van der Waals surface area contributed by atoms with Gasteiger partial charge in [0, 0.05) is 16.7 Å². The standard InChI is InChI=1S/C15H10BrF3N2O4S.K.H/c16-10-4-3-8(25-15(17,18)19)6-11(10)21-7-12(22)26-13-9(14(23)24)2-1-5-20-13;;/h1-6,21H,7H2,(H,23,24);;. The van der Waals surface area contributed by atoms with Gasteiger partial charge in [-0.1, -0.05) is 0 Å². The Morgan fingerprint density at radius 2 is 2.00 bits per heavy atom. The number of thioether (sulfide) groups is 1. The molecule has 0 radical (unpaired) electrons. The summed E-state index contributed by atoms with van der Waals surface area (Å²) in [6, 6.07) is 6.28. The van der Waals surface area contributed by atoms with Crippen molar-refractivity contribution in [3.63, 3.8) is 0 Å². The van der Waals surface area contributed by atoms with Crippen LogP contribution in [-0.2, 0) is 4.79 Å². The van der Waals surface area contributed by atoms with E-state index in [1.807, 2.05) is 0 Å². The van der Waals surface area contributed by atoms with Gasteiger partial charge in [-0.2, -0.15) is 0 Å². The summed E-state index contributed by atoms with van der Waals surface area (Å²) in [5.41, 5.74) is 0.0905. The number of carboxylic acids is 1. The predicted molar refractivity (Wildman–Crippen MR) is 98.5 cm³/mol. The Hall–Kier alpha value is -0.634. The number of alkyl halides is 3. The third kappa shape index (κ3) is 8.09. The van der Waals surface area contributed by atoms with Gasteiger partial charge in [0.1, 0.15) is 10.8 Å². The molecule has 0 aliphatic rings. The minimum absolute atomic E-state index is 0. The van der Waals surface area contributed by atoms with E-state index >= 15 is 0 Å². The Morgan fingerprint density at radius 1 is 1.30 bits per heavy atom. The summed E-state index contributed by atoms with van der Waals surface area (Å²) in [6.07, 6.45) is -3.48. The summed E-state index contributed by atoms with van der Waals surface area (Å²) < 4.78 is 41.0. The Morgan fingerprint density at radius 3 is 2.63 bits per heavy atom. The van der Waals surface area contributed by atoms with Crippen LogP contribution in [0.5, 0.6) is 5.75 Å². The van der Waals surface area contributed by atoms with Gasteiger partial charge in [0.15, 0.2) is 0 Å². The van der Waals surface area contributed by atoms with Crippen molar-refractivity contribution in [3.05, 3.63) is 46.6 Å². The van der Waals surface area contributed by atoms with Crippen LogP contribution in [0.4, 0.5) is 18.9 Å². The second-order valence-electron chi connectivity index (χ2n) is 4.68. The van der Waals surface area contributed by atoms with Gasteiger partial charge in [0.2, 0.25) is 5.12 Å². The van der Waals surface area contributed by atoms with E-state index in [1.54, 1.807) is 0 Å². The normalized spacial score (nSPS) is 10.7. The number of hydrogen-bond donors (Lipinski definition) is 2. The van der Waals surface area contributed by atoms with E-state index in [-0.39, 0.29) is 74.2 Å². The van der Waals surface area contributed by atoms with Crippen molar-refractivity contribution in [2.24, 2.45) is 0 Å². The zero-order chi connectivity index (χ0) is 19.3. The first-order valence-electron chi connectivity index (χ1n) is 6.84. The van der Waals surface area contributed by atoms with Crippen molar-refractivity contribution in [2.75, 3.05) is 11.9 Å². The molecule has 1 aromatic heterocycles. The molecule has 0 saturated carbocycles. The van der Waals surface area contributed by atoms with Crippen LogP contribution in [0.2, 0.25) is 0 Å². The number of pyridine rings is 1. The number of halogens is 4. The molecule has 2 rings (SSSR count). The molecule has 27 heavy (non-hydrogen) atoms. The van der Waals surface area contributed by atoms with Crippen molar-refractivity contribution < 1.29 is 32.6 Å². The molecule has 140 valence electrons. The Bertz CT molecular complexity index is 839. The monoisotopic (exact) mass is 490 g/mol. The molecule has 1 aromatic carbocycles. The van der Waals surface area contributed by atoms with Crippen molar-refractivity contribution in [1.82, 2.24) is 4.98 Å². The molecule has 0 atom stereocenters. The second kappa shape index (κ2) is 10.8. The van der Waals surface area contributed by atoms with Gasteiger partial charge in [-0.15, -0.1) is 13.2 Å². The van der Waals surface area contributed by atoms with Crippen LogP contribution in [0.1, 0.15) is 10.4 Å². The number of nitrogens with one attached hydrogen (secondary N) is 1. The SMILES string of the molecule is O=C(CNc1cc(OC(F)(F)F)ccc1Br)Sc1ncccc1C(=O)O.[KH]. The van der Waals surface area contributed by atoms with Gasteiger partial charge in [-0.3, -0.25) is 4.79 Å². The van der Waals surface area contributed by atoms with E-state index in [9.17, 15) is 22.8 Å². The Balaban J connectivity index is 0.00000364. The van der Waals surface area contributed by atoms with Gasteiger partial charge in [-0.25, -0.2) is 9.78 Å². The summed E-state index contributed by atoms with van der Waals surface area (Å²) in [6.45, 7) is -0.269. The number of carboxylic acid groups (broad SMARTS) is 1. The van der Waals surface area contributed by atoms with E-state index in [2.05, 4.69) is 31.0 Å². The molecule has 0 fully saturated rings. The fraction of sp³-hybridized carbons (Fsp3) is 0.133. The number of carbonyl (C=O) groups excluding carboxylic acids is 1. The first-order valence-corrected chi connectivity index (χ1v) is 8.45. The van der Waals surface area contributed by atoms with Crippen molar-refractivity contribution >= 4 is 95.8 Å². The van der Waals surface area contributed by atoms with E-state index < -0.39 is 23.2 Å². The summed E-state index contributed by atoms with van der Waals surface area (Å²) in [5.74, 6) is -1.66. The molecule has 0 saturated heterocycles. The van der Waals surface area contributed by atoms with Crippen molar-refractivity contribution in [3.8, 4) is 5.75 Å². The number of anilines is 1. The topological polar surface area (TPSA) is 88.5 Å². The maximum absolute atomic E-state index is 12.3. The van der Waals surface area contributed by atoms with E-state index in [0.29, 0.717) is 16.2 Å². The molecule has 0 amide bonds. The number of rotatable bonds is 6. The summed E-state index contributed by atoms with van der Waals surface area (Å²) in [4.78, 5) is 27.0. The van der Waals surface area contributed by atoms with Crippen LogP contribution in [0.15, 0.2) is 46.0 Å². The Labute approximate surface area is 206 Å². The van der Waals surface area contributed by atoms with Crippen LogP contribution in [-0.4, -0.2) is 85.5 Å². The molecule has 2 aromatic rings. The maximum atomic E-state index is 12.3. The van der Waals surface area contributed by atoms with Crippen LogP contribution in [0.3, 0.4) is 0 Å². The van der Waals surface area contributed by atoms with Crippen LogP contribution in [0, 0.1) is 0 Å². The van der Waals surface area contributed by atoms with Crippen LogP contribution in [0.25, 0.3) is 0 Å². The molecule has 0 bridgehead atoms. The zero-order valence-corrected chi connectivity index (χ0v) is 15.1. The fourth-order valence-electron chi connectivity index (χ4n) is 1.78. The molecule has 6 nitrogen and oxygen atoms in total. The predicted octanol–water partition coefficient (Wildman–Crippen LogP) is 3.52. The molecule has 0 aliphatic heterocycles. The first kappa shape index (κ1) is 24.4. The average Bonchev–Trinajstić information content (AvgIpc) is 2.54. The summed E-state index contributed by atoms with van der Waals surface area (Å²) >= 11 is 3.77. The third-order valence-electron chi connectivity index (χ3n) is 2.81. The second-order valence-corrected chi connectivity index (χ2v) is 6.58. The van der Waals surface area contributed by atoms with Crippen LogP contribution < -0.4 is 10.1 Å². The molecule has 0 aliphatic carbocycles. The third-order valence-corrected chi connectivity index (χ3v) is 4.39. The van der Waals surface area contributed by atoms with E-state index in [4.69, 9.17) is 5.11 Å². The molecule has 2 N–H and O–H groups in total. The summed E-state index contributed by atoms with van der Waals surface area (Å²) in [7, 11) is 0. The average molecular weight is 491 g/mol. The van der Waals surface area contributed by atoms with Gasteiger partial charge in [0.25, 0.3) is 0 Å². The van der Waals surface area contributed by atoms with Crippen molar-refractivity contribution in [1.29, 1.82) is 0 Å². The number of nitrogens with zero attached hydrogens (tertiary/aromatic N) is 1. The zero-order valence-electron chi connectivity index (χ0n) is 12.7. The van der Waals surface area contributed by atoms with Gasteiger partial charge in [-0.05, 0) is 52.0 Å². The molecule has 0 unspecified atom stereocenters. The van der Waals surface area contributed by atoms with E-state index in [0.717, 1.165) is 12.1 Å². The van der Waals surface area contributed by atoms with Gasteiger partial charge < -0.3 is 15.2 Å². The number of aromatic nitrogens is 1. The molecular weight excluding hydrogens is 480 g/mol. The first-order chi connectivity index (χ1) is 12.2.